The Morgan fingerprint density at radius 2 is 1.79 bits per heavy atom. The van der Waals surface area contributed by atoms with E-state index in [2.05, 4.69) is 0 Å². The van der Waals surface area contributed by atoms with E-state index in [0.29, 0.717) is 12.1 Å². The lowest BCUT2D eigenvalue weighted by Crippen LogP contribution is -2.18. The normalized spacial score (nSPS) is 11.8. The summed E-state index contributed by atoms with van der Waals surface area (Å²) in [5.41, 5.74) is 4.42. The van der Waals surface area contributed by atoms with Crippen molar-refractivity contribution in [1.29, 1.82) is 0 Å². The molecule has 0 aliphatic carbocycles. The van der Waals surface area contributed by atoms with Crippen LogP contribution in [0.4, 0.5) is 17.6 Å². The first kappa shape index (κ1) is 11.0. The first-order valence-corrected chi connectivity index (χ1v) is 4.01. The first-order chi connectivity index (χ1) is 6.47. The number of hydrogen-bond donors (Lipinski definition) is 1. The van der Waals surface area contributed by atoms with Crippen molar-refractivity contribution in [3.05, 3.63) is 35.4 Å². The molecule has 0 saturated carbocycles. The highest BCUT2D eigenvalue weighted by atomic mass is 19.3. The quantitative estimate of drug-likeness (QED) is 0.757. The molecule has 1 aromatic carbocycles. The van der Waals surface area contributed by atoms with Crippen LogP contribution in [0.25, 0.3) is 0 Å². The minimum absolute atomic E-state index is 0.216. The van der Waals surface area contributed by atoms with E-state index < -0.39 is 29.5 Å². The zero-order valence-corrected chi connectivity index (χ0v) is 7.24. The van der Waals surface area contributed by atoms with Gasteiger partial charge in [-0.1, -0.05) is 0 Å². The zero-order chi connectivity index (χ0) is 10.8. The average molecular weight is 207 g/mol. The van der Waals surface area contributed by atoms with Crippen molar-refractivity contribution in [1.82, 2.24) is 0 Å². The second-order valence-electron chi connectivity index (χ2n) is 2.87. The van der Waals surface area contributed by atoms with Crippen LogP contribution in [-0.2, 0) is 5.92 Å². The SMILES string of the molecule is NCCC(F)(F)c1ccc(F)c(F)c1. The third-order valence-corrected chi connectivity index (χ3v) is 1.80. The fourth-order valence-electron chi connectivity index (χ4n) is 1.05. The first-order valence-electron chi connectivity index (χ1n) is 4.01. The van der Waals surface area contributed by atoms with Gasteiger partial charge in [0.05, 0.1) is 0 Å². The molecule has 0 unspecified atom stereocenters. The van der Waals surface area contributed by atoms with E-state index in [9.17, 15) is 17.6 Å². The maximum atomic E-state index is 13.1. The van der Waals surface area contributed by atoms with Crippen LogP contribution in [0.1, 0.15) is 12.0 Å². The standard InChI is InChI=1S/C9H9F4N/c10-7-2-1-6(5-8(7)11)9(12,13)3-4-14/h1-2,5H,3-4,14H2. The molecule has 0 radical (unpaired) electrons. The third-order valence-electron chi connectivity index (χ3n) is 1.80. The van der Waals surface area contributed by atoms with Crippen molar-refractivity contribution in [2.24, 2.45) is 5.73 Å². The molecule has 0 amide bonds. The lowest BCUT2D eigenvalue weighted by atomic mass is 10.1. The van der Waals surface area contributed by atoms with Crippen molar-refractivity contribution in [2.45, 2.75) is 12.3 Å². The fraction of sp³-hybridized carbons (Fsp3) is 0.333. The summed E-state index contributed by atoms with van der Waals surface area (Å²) in [7, 11) is 0. The molecule has 1 rings (SSSR count). The molecule has 0 heterocycles. The molecule has 1 aromatic rings. The number of halogens is 4. The van der Waals surface area contributed by atoms with Crippen LogP contribution in [0.3, 0.4) is 0 Å². The Balaban J connectivity index is 3.01. The summed E-state index contributed by atoms with van der Waals surface area (Å²) in [6.07, 6.45) is -0.585. The number of benzene rings is 1. The molecule has 5 heteroatoms. The minimum Gasteiger partial charge on any atom is -0.330 e. The molecule has 0 aliphatic rings. The Kier molecular flexibility index (Phi) is 3.10. The number of nitrogens with two attached hydrogens (primary N) is 1. The lowest BCUT2D eigenvalue weighted by Gasteiger charge is -2.15. The summed E-state index contributed by atoms with van der Waals surface area (Å²) in [5.74, 6) is -5.62. The second kappa shape index (κ2) is 3.96. The van der Waals surface area contributed by atoms with E-state index in [1.165, 1.54) is 0 Å². The third kappa shape index (κ3) is 2.23. The van der Waals surface area contributed by atoms with Crippen molar-refractivity contribution < 1.29 is 17.6 Å². The van der Waals surface area contributed by atoms with Crippen LogP contribution < -0.4 is 5.73 Å². The highest BCUT2D eigenvalue weighted by molar-refractivity contribution is 5.22. The summed E-state index contributed by atoms with van der Waals surface area (Å²) in [5, 5.41) is 0. The predicted octanol–water partition coefficient (Wildman–Crippen LogP) is 2.41. The molecule has 1 nitrogen and oxygen atoms in total. The van der Waals surface area contributed by atoms with E-state index in [4.69, 9.17) is 5.73 Å². The van der Waals surface area contributed by atoms with Crippen LogP contribution in [0.2, 0.25) is 0 Å². The topological polar surface area (TPSA) is 26.0 Å². The van der Waals surface area contributed by atoms with E-state index in [1.807, 2.05) is 0 Å². The summed E-state index contributed by atoms with van der Waals surface area (Å²) in [4.78, 5) is 0. The van der Waals surface area contributed by atoms with Gasteiger partial charge in [0.1, 0.15) is 0 Å². The molecular formula is C9H9F4N. The van der Waals surface area contributed by atoms with Crippen molar-refractivity contribution in [3.63, 3.8) is 0 Å². The Bertz CT molecular complexity index is 325. The van der Waals surface area contributed by atoms with E-state index >= 15 is 0 Å². The summed E-state index contributed by atoms with van der Waals surface area (Å²) >= 11 is 0. The van der Waals surface area contributed by atoms with Gasteiger partial charge >= 0.3 is 0 Å². The second-order valence-corrected chi connectivity index (χ2v) is 2.87. The molecule has 0 spiro atoms. The van der Waals surface area contributed by atoms with Gasteiger partial charge in [-0.05, 0) is 24.7 Å². The highest BCUT2D eigenvalue weighted by Crippen LogP contribution is 2.31. The predicted molar refractivity (Wildman–Crippen MR) is 43.9 cm³/mol. The highest BCUT2D eigenvalue weighted by Gasteiger charge is 2.31. The molecule has 0 saturated heterocycles. The molecule has 14 heavy (non-hydrogen) atoms. The van der Waals surface area contributed by atoms with Crippen LogP contribution in [0.5, 0.6) is 0 Å². The molecule has 0 aromatic heterocycles. The van der Waals surface area contributed by atoms with Gasteiger partial charge in [-0.2, -0.15) is 0 Å². The van der Waals surface area contributed by atoms with Gasteiger partial charge in [-0.25, -0.2) is 17.6 Å². The van der Waals surface area contributed by atoms with Crippen molar-refractivity contribution in [2.75, 3.05) is 6.54 Å². The van der Waals surface area contributed by atoms with Gasteiger partial charge in [0.15, 0.2) is 11.6 Å². The number of alkyl halides is 2. The summed E-state index contributed by atoms with van der Waals surface area (Å²) in [6.45, 7) is -0.216. The summed E-state index contributed by atoms with van der Waals surface area (Å²) < 4.78 is 51.2. The smallest absolute Gasteiger partial charge is 0.274 e. The van der Waals surface area contributed by atoms with Crippen LogP contribution in [0, 0.1) is 11.6 Å². The average Bonchev–Trinajstić information content (AvgIpc) is 2.09. The lowest BCUT2D eigenvalue weighted by molar-refractivity contribution is -0.0110. The van der Waals surface area contributed by atoms with Crippen LogP contribution in [0.15, 0.2) is 18.2 Å². The Labute approximate surface area is 78.5 Å². The van der Waals surface area contributed by atoms with E-state index in [0.717, 1.165) is 6.07 Å². The molecule has 2 N–H and O–H groups in total. The molecule has 0 fully saturated rings. The molecule has 0 bridgehead atoms. The molecular weight excluding hydrogens is 198 g/mol. The van der Waals surface area contributed by atoms with E-state index in [-0.39, 0.29) is 6.54 Å². The fourth-order valence-corrected chi connectivity index (χ4v) is 1.05. The Morgan fingerprint density at radius 3 is 2.29 bits per heavy atom. The van der Waals surface area contributed by atoms with Gasteiger partial charge in [-0.3, -0.25) is 0 Å². The van der Waals surface area contributed by atoms with Gasteiger partial charge in [0, 0.05) is 12.0 Å². The largest absolute Gasteiger partial charge is 0.330 e. The minimum atomic E-state index is -3.21. The summed E-state index contributed by atoms with van der Waals surface area (Å²) in [6, 6.07) is 2.02. The van der Waals surface area contributed by atoms with Crippen molar-refractivity contribution >= 4 is 0 Å². The van der Waals surface area contributed by atoms with Gasteiger partial charge in [-0.15, -0.1) is 0 Å². The number of rotatable bonds is 3. The molecule has 78 valence electrons. The van der Waals surface area contributed by atoms with Gasteiger partial charge < -0.3 is 5.73 Å². The maximum absolute atomic E-state index is 13.1. The zero-order valence-electron chi connectivity index (χ0n) is 7.24. The Hall–Kier alpha value is -1.10. The monoisotopic (exact) mass is 207 g/mol. The van der Waals surface area contributed by atoms with Crippen molar-refractivity contribution in [3.8, 4) is 0 Å². The Morgan fingerprint density at radius 1 is 1.14 bits per heavy atom. The van der Waals surface area contributed by atoms with Gasteiger partial charge in [0.25, 0.3) is 5.92 Å². The van der Waals surface area contributed by atoms with Crippen LogP contribution >= 0.6 is 0 Å². The molecule has 0 atom stereocenters. The molecule has 0 aliphatic heterocycles. The number of hydrogen-bond acceptors (Lipinski definition) is 1. The van der Waals surface area contributed by atoms with Crippen LogP contribution in [-0.4, -0.2) is 6.54 Å². The maximum Gasteiger partial charge on any atom is 0.274 e. The van der Waals surface area contributed by atoms with E-state index in [1.54, 1.807) is 0 Å². The van der Waals surface area contributed by atoms with Gasteiger partial charge in [0.2, 0.25) is 0 Å².